The molecule has 0 amide bonds. The number of hydrogen-bond acceptors (Lipinski definition) is 1. The third-order valence-electron chi connectivity index (χ3n) is 1.000. The van der Waals surface area contributed by atoms with E-state index in [0.717, 1.165) is 6.54 Å². The van der Waals surface area contributed by atoms with Crippen LogP contribution in [0.4, 0.5) is 0 Å². The fourth-order valence-corrected chi connectivity index (χ4v) is 0.621. The highest BCUT2D eigenvalue weighted by Crippen LogP contribution is 1.97. The van der Waals surface area contributed by atoms with Gasteiger partial charge in [0.05, 0.1) is 0 Å². The van der Waals surface area contributed by atoms with Gasteiger partial charge in [0, 0.05) is 6.54 Å². The Morgan fingerprint density at radius 3 is 2.00 bits per heavy atom. The van der Waals surface area contributed by atoms with Gasteiger partial charge in [-0.25, -0.2) is 0 Å². The molecule has 1 heterocycles. The third-order valence-corrected chi connectivity index (χ3v) is 1.000. The lowest BCUT2D eigenvalue weighted by atomic mass is 10.2. The Morgan fingerprint density at radius 1 is 1.12 bits per heavy atom. The summed E-state index contributed by atoms with van der Waals surface area (Å²) in [5.74, 6) is 0. The van der Waals surface area contributed by atoms with Crippen LogP contribution in [0.2, 0.25) is 0 Å². The molecular weight excluding hydrogens is 145 g/mol. The standard InChI is InChI=1S/C5H9N.2ClH/c1-2-4-6-5-3-1;;/h4H,1-3,5H2;2*1H. The molecule has 0 atom stereocenters. The second-order valence-electron chi connectivity index (χ2n) is 1.58. The van der Waals surface area contributed by atoms with E-state index in [1.54, 1.807) is 0 Å². The normalized spacial score (nSPS) is 16.0. The fourth-order valence-electron chi connectivity index (χ4n) is 0.621. The van der Waals surface area contributed by atoms with E-state index in [4.69, 9.17) is 0 Å². The van der Waals surface area contributed by atoms with E-state index in [9.17, 15) is 0 Å². The minimum atomic E-state index is 0. The van der Waals surface area contributed by atoms with E-state index in [1.807, 2.05) is 6.21 Å². The van der Waals surface area contributed by atoms with Crippen LogP contribution in [0.3, 0.4) is 0 Å². The molecule has 0 aliphatic carbocycles. The van der Waals surface area contributed by atoms with Crippen molar-refractivity contribution in [1.29, 1.82) is 0 Å². The third kappa shape index (κ3) is 4.41. The summed E-state index contributed by atoms with van der Waals surface area (Å²) in [5.41, 5.74) is 0. The maximum atomic E-state index is 4.05. The van der Waals surface area contributed by atoms with Crippen LogP contribution in [0, 0.1) is 0 Å². The zero-order valence-corrected chi connectivity index (χ0v) is 6.30. The molecule has 50 valence electrons. The summed E-state index contributed by atoms with van der Waals surface area (Å²) in [6.45, 7) is 1.07. The van der Waals surface area contributed by atoms with Crippen LogP contribution in [0.5, 0.6) is 0 Å². The van der Waals surface area contributed by atoms with E-state index >= 15 is 0 Å². The second-order valence-corrected chi connectivity index (χ2v) is 1.58. The molecule has 1 rings (SSSR count). The Bertz CT molecular complexity index is 55.4. The quantitative estimate of drug-likeness (QED) is 0.509. The van der Waals surface area contributed by atoms with Crippen molar-refractivity contribution in [3.8, 4) is 0 Å². The first-order valence-electron chi connectivity index (χ1n) is 2.48. The predicted octanol–water partition coefficient (Wildman–Crippen LogP) is 2.08. The molecule has 0 saturated heterocycles. The van der Waals surface area contributed by atoms with E-state index < -0.39 is 0 Å². The van der Waals surface area contributed by atoms with Crippen molar-refractivity contribution in [2.75, 3.05) is 6.54 Å². The van der Waals surface area contributed by atoms with Gasteiger partial charge in [-0.3, -0.25) is 4.99 Å². The minimum Gasteiger partial charge on any atom is -0.298 e. The van der Waals surface area contributed by atoms with E-state index in [1.165, 1.54) is 19.3 Å². The van der Waals surface area contributed by atoms with Crippen molar-refractivity contribution in [2.24, 2.45) is 4.99 Å². The highest BCUT2D eigenvalue weighted by molar-refractivity contribution is 5.85. The Kier molecular flexibility index (Phi) is 10.1. The van der Waals surface area contributed by atoms with E-state index in [0.29, 0.717) is 0 Å². The number of hydrogen-bond donors (Lipinski definition) is 0. The van der Waals surface area contributed by atoms with Gasteiger partial charge >= 0.3 is 0 Å². The van der Waals surface area contributed by atoms with Crippen molar-refractivity contribution in [2.45, 2.75) is 19.3 Å². The summed E-state index contributed by atoms with van der Waals surface area (Å²) in [6, 6.07) is 0. The van der Waals surface area contributed by atoms with Gasteiger partial charge in [-0.05, 0) is 25.5 Å². The van der Waals surface area contributed by atoms with Crippen LogP contribution in [0.25, 0.3) is 0 Å². The van der Waals surface area contributed by atoms with Gasteiger partial charge in [-0.1, -0.05) is 0 Å². The van der Waals surface area contributed by atoms with Gasteiger partial charge in [0.2, 0.25) is 0 Å². The van der Waals surface area contributed by atoms with Crippen LogP contribution < -0.4 is 0 Å². The highest BCUT2D eigenvalue weighted by Gasteiger charge is 1.88. The zero-order chi connectivity index (χ0) is 4.24. The first-order chi connectivity index (χ1) is 3.00. The molecule has 1 nitrogen and oxygen atoms in total. The smallest absolute Gasteiger partial charge is 0.0385 e. The van der Waals surface area contributed by atoms with Gasteiger partial charge in [0.25, 0.3) is 0 Å². The molecule has 0 aromatic heterocycles. The SMILES string of the molecule is C1=NCCCC1.Cl.Cl. The Hall–Kier alpha value is 0.250. The van der Waals surface area contributed by atoms with Crippen LogP contribution >= 0.6 is 24.8 Å². The van der Waals surface area contributed by atoms with Crippen LogP contribution in [0.15, 0.2) is 4.99 Å². The summed E-state index contributed by atoms with van der Waals surface area (Å²) in [4.78, 5) is 4.05. The Balaban J connectivity index is 0. The Morgan fingerprint density at radius 2 is 1.88 bits per heavy atom. The summed E-state index contributed by atoms with van der Waals surface area (Å²) in [6.07, 6.45) is 5.88. The monoisotopic (exact) mass is 155 g/mol. The molecular formula is C5H11Cl2N. The van der Waals surface area contributed by atoms with Crippen molar-refractivity contribution in [3.63, 3.8) is 0 Å². The van der Waals surface area contributed by atoms with Crippen molar-refractivity contribution in [1.82, 2.24) is 0 Å². The van der Waals surface area contributed by atoms with Gasteiger partial charge in [0.15, 0.2) is 0 Å². The summed E-state index contributed by atoms with van der Waals surface area (Å²) >= 11 is 0. The maximum Gasteiger partial charge on any atom is 0.0385 e. The van der Waals surface area contributed by atoms with Gasteiger partial charge in [-0.2, -0.15) is 0 Å². The Labute approximate surface area is 62.4 Å². The molecule has 0 saturated carbocycles. The number of halogens is 2. The predicted molar refractivity (Wildman–Crippen MR) is 41.7 cm³/mol. The molecule has 0 N–H and O–H groups in total. The molecule has 0 radical (unpaired) electrons. The van der Waals surface area contributed by atoms with E-state index in [2.05, 4.69) is 4.99 Å². The molecule has 1 aliphatic heterocycles. The lowest BCUT2D eigenvalue weighted by molar-refractivity contribution is 0.749. The van der Waals surface area contributed by atoms with Crippen LogP contribution in [-0.2, 0) is 0 Å². The van der Waals surface area contributed by atoms with Crippen molar-refractivity contribution in [3.05, 3.63) is 0 Å². The second kappa shape index (κ2) is 7.25. The summed E-state index contributed by atoms with van der Waals surface area (Å²) < 4.78 is 0. The van der Waals surface area contributed by atoms with Gasteiger partial charge < -0.3 is 0 Å². The van der Waals surface area contributed by atoms with Gasteiger partial charge in [-0.15, -0.1) is 24.8 Å². The molecule has 0 aromatic carbocycles. The molecule has 3 heteroatoms. The maximum absolute atomic E-state index is 4.05. The molecule has 1 aliphatic rings. The molecule has 8 heavy (non-hydrogen) atoms. The zero-order valence-electron chi connectivity index (χ0n) is 4.67. The first-order valence-corrected chi connectivity index (χ1v) is 2.48. The molecule has 0 fully saturated rings. The highest BCUT2D eigenvalue weighted by atomic mass is 35.5. The lowest BCUT2D eigenvalue weighted by Crippen LogP contribution is -1.89. The van der Waals surface area contributed by atoms with Crippen molar-refractivity contribution < 1.29 is 0 Å². The average molecular weight is 156 g/mol. The average Bonchev–Trinajstić information content (AvgIpc) is 1.72. The number of nitrogens with zero attached hydrogens (tertiary/aromatic N) is 1. The van der Waals surface area contributed by atoms with Gasteiger partial charge in [0.1, 0.15) is 0 Å². The van der Waals surface area contributed by atoms with E-state index in [-0.39, 0.29) is 24.8 Å². The van der Waals surface area contributed by atoms with Crippen molar-refractivity contribution >= 4 is 31.0 Å². The summed E-state index contributed by atoms with van der Waals surface area (Å²) in [5, 5.41) is 0. The molecule has 0 spiro atoms. The summed E-state index contributed by atoms with van der Waals surface area (Å²) in [7, 11) is 0. The molecule has 0 aromatic rings. The first kappa shape index (κ1) is 11.1. The molecule has 0 bridgehead atoms. The molecule has 0 unspecified atom stereocenters. The van der Waals surface area contributed by atoms with Crippen LogP contribution in [0.1, 0.15) is 19.3 Å². The minimum absolute atomic E-state index is 0. The topological polar surface area (TPSA) is 12.4 Å². The fraction of sp³-hybridized carbons (Fsp3) is 0.800. The van der Waals surface area contributed by atoms with Crippen LogP contribution in [-0.4, -0.2) is 12.8 Å². The lowest BCUT2D eigenvalue weighted by Gasteiger charge is -1.97. The number of rotatable bonds is 0. The number of aliphatic imine (C=N–C) groups is 1. The largest absolute Gasteiger partial charge is 0.298 e.